The van der Waals surface area contributed by atoms with Crippen LogP contribution in [0.3, 0.4) is 0 Å². The summed E-state index contributed by atoms with van der Waals surface area (Å²) >= 11 is 0. The Morgan fingerprint density at radius 2 is 1.81 bits per heavy atom. The smallest absolute Gasteiger partial charge is 0.322 e. The third-order valence-electron chi connectivity index (χ3n) is 5.94. The van der Waals surface area contributed by atoms with Crippen LogP contribution in [0.15, 0.2) is 71.5 Å². The van der Waals surface area contributed by atoms with Crippen LogP contribution < -0.4 is 29.8 Å². The zero-order chi connectivity index (χ0) is 25.1. The second-order valence-corrected chi connectivity index (χ2v) is 8.25. The number of rotatable bonds is 7. The molecule has 36 heavy (non-hydrogen) atoms. The maximum atomic E-state index is 13.5. The number of ether oxygens (including phenoxy) is 4. The van der Waals surface area contributed by atoms with Crippen molar-refractivity contribution >= 4 is 22.6 Å². The van der Waals surface area contributed by atoms with Crippen molar-refractivity contribution in [3.05, 3.63) is 88.2 Å². The van der Waals surface area contributed by atoms with Crippen molar-refractivity contribution in [1.82, 2.24) is 9.88 Å². The SMILES string of the molecule is COc1ccc2cc(CN(Cc3ccc4c(c3)OCO4)C(=O)Nc3ccccc3OC)c(=O)[nH]c2c1. The number of H-pyrrole nitrogens is 1. The first-order chi connectivity index (χ1) is 17.5. The van der Waals surface area contributed by atoms with E-state index in [9.17, 15) is 9.59 Å². The van der Waals surface area contributed by atoms with Gasteiger partial charge in [0.15, 0.2) is 11.5 Å². The molecule has 2 amide bonds. The Morgan fingerprint density at radius 3 is 2.64 bits per heavy atom. The Morgan fingerprint density at radius 1 is 0.972 bits per heavy atom. The average molecular weight is 488 g/mol. The molecule has 9 heteroatoms. The Kier molecular flexibility index (Phi) is 6.36. The number of methoxy groups -OCH3 is 2. The van der Waals surface area contributed by atoms with Crippen molar-refractivity contribution in [3.63, 3.8) is 0 Å². The molecule has 0 saturated carbocycles. The number of hydrogen-bond donors (Lipinski definition) is 2. The highest BCUT2D eigenvalue weighted by Crippen LogP contribution is 2.33. The van der Waals surface area contributed by atoms with Gasteiger partial charge >= 0.3 is 6.03 Å². The minimum absolute atomic E-state index is 0.0761. The van der Waals surface area contributed by atoms with Gasteiger partial charge in [0.25, 0.3) is 5.56 Å². The molecule has 0 bridgehead atoms. The third kappa shape index (κ3) is 4.76. The first-order valence-corrected chi connectivity index (χ1v) is 11.3. The fourth-order valence-corrected chi connectivity index (χ4v) is 4.08. The van der Waals surface area contributed by atoms with E-state index in [1.54, 1.807) is 43.4 Å². The fraction of sp³-hybridized carbons (Fsp3) is 0.185. The number of pyridine rings is 1. The largest absolute Gasteiger partial charge is 0.497 e. The number of anilines is 1. The molecule has 1 aromatic heterocycles. The van der Waals surface area contributed by atoms with E-state index in [2.05, 4.69) is 10.3 Å². The van der Waals surface area contributed by atoms with E-state index in [4.69, 9.17) is 18.9 Å². The van der Waals surface area contributed by atoms with Gasteiger partial charge in [-0.2, -0.15) is 0 Å². The highest BCUT2D eigenvalue weighted by atomic mass is 16.7. The summed E-state index contributed by atoms with van der Waals surface area (Å²) in [6.07, 6.45) is 0. The van der Waals surface area contributed by atoms with Gasteiger partial charge < -0.3 is 34.1 Å². The van der Waals surface area contributed by atoms with Crippen molar-refractivity contribution in [2.45, 2.75) is 13.1 Å². The van der Waals surface area contributed by atoms with Crippen molar-refractivity contribution in [3.8, 4) is 23.0 Å². The van der Waals surface area contributed by atoms with Gasteiger partial charge in [0, 0.05) is 18.2 Å². The van der Waals surface area contributed by atoms with Crippen molar-refractivity contribution in [2.75, 3.05) is 26.3 Å². The Bertz CT molecular complexity index is 1480. The number of fused-ring (bicyclic) bond motifs is 2. The first-order valence-electron chi connectivity index (χ1n) is 11.3. The summed E-state index contributed by atoms with van der Waals surface area (Å²) in [7, 11) is 3.11. The summed E-state index contributed by atoms with van der Waals surface area (Å²) in [5.41, 5.74) is 2.18. The topological polar surface area (TPSA) is 102 Å². The summed E-state index contributed by atoms with van der Waals surface area (Å²) in [5.74, 6) is 2.46. The first kappa shape index (κ1) is 23.1. The predicted octanol–water partition coefficient (Wildman–Crippen LogP) is 4.51. The van der Waals surface area contributed by atoms with Gasteiger partial charge in [0.2, 0.25) is 6.79 Å². The molecular formula is C27H25N3O6. The number of urea groups is 1. The quantitative estimate of drug-likeness (QED) is 0.398. The van der Waals surface area contributed by atoms with Gasteiger partial charge in [-0.3, -0.25) is 4.79 Å². The van der Waals surface area contributed by atoms with Crippen LogP contribution in [0.4, 0.5) is 10.5 Å². The zero-order valence-electron chi connectivity index (χ0n) is 19.9. The van der Waals surface area contributed by atoms with Crippen LogP contribution >= 0.6 is 0 Å². The predicted molar refractivity (Wildman–Crippen MR) is 135 cm³/mol. The van der Waals surface area contributed by atoms with Gasteiger partial charge in [0.1, 0.15) is 11.5 Å². The lowest BCUT2D eigenvalue weighted by Crippen LogP contribution is -2.35. The average Bonchev–Trinajstić information content (AvgIpc) is 3.36. The molecule has 5 rings (SSSR count). The van der Waals surface area contributed by atoms with Crippen LogP contribution in [-0.2, 0) is 13.1 Å². The lowest BCUT2D eigenvalue weighted by atomic mass is 10.1. The lowest BCUT2D eigenvalue weighted by Gasteiger charge is -2.24. The summed E-state index contributed by atoms with van der Waals surface area (Å²) in [4.78, 5) is 30.9. The second-order valence-electron chi connectivity index (χ2n) is 8.25. The number of carbonyl (C=O) groups excluding carboxylic acids is 1. The van der Waals surface area contributed by atoms with Crippen LogP contribution in [0.5, 0.6) is 23.0 Å². The van der Waals surface area contributed by atoms with Gasteiger partial charge in [-0.1, -0.05) is 18.2 Å². The molecule has 2 heterocycles. The molecule has 184 valence electrons. The van der Waals surface area contributed by atoms with Crippen molar-refractivity contribution < 1.29 is 23.7 Å². The number of aromatic amines is 1. The van der Waals surface area contributed by atoms with E-state index in [-0.39, 0.29) is 31.5 Å². The minimum atomic E-state index is -0.383. The number of nitrogens with one attached hydrogen (secondary N) is 2. The number of nitrogens with zero attached hydrogens (tertiary/aromatic N) is 1. The molecule has 0 saturated heterocycles. The van der Waals surface area contributed by atoms with Gasteiger partial charge in [-0.05, 0) is 53.4 Å². The molecule has 9 nitrogen and oxygen atoms in total. The summed E-state index contributed by atoms with van der Waals surface area (Å²) in [5, 5.41) is 3.74. The van der Waals surface area contributed by atoms with Crippen LogP contribution in [-0.4, -0.2) is 36.9 Å². The van der Waals surface area contributed by atoms with E-state index in [1.165, 1.54) is 0 Å². The maximum absolute atomic E-state index is 13.5. The molecule has 0 unspecified atom stereocenters. The molecular weight excluding hydrogens is 462 g/mol. The molecule has 1 aliphatic heterocycles. The monoisotopic (exact) mass is 487 g/mol. The van der Waals surface area contributed by atoms with Gasteiger partial charge in [-0.15, -0.1) is 0 Å². The number of amides is 2. The molecule has 3 aromatic carbocycles. The molecule has 0 aliphatic carbocycles. The molecule has 0 radical (unpaired) electrons. The lowest BCUT2D eigenvalue weighted by molar-refractivity contribution is 0.174. The van der Waals surface area contributed by atoms with Crippen molar-refractivity contribution in [1.29, 1.82) is 0 Å². The van der Waals surface area contributed by atoms with Gasteiger partial charge in [-0.25, -0.2) is 4.79 Å². The fourth-order valence-electron chi connectivity index (χ4n) is 4.08. The standard InChI is InChI=1S/C27H25N3O6/c1-33-20-9-8-18-12-19(26(31)28-22(18)13-20)15-30(14-17-7-10-24-25(11-17)36-16-35-24)27(32)29-21-5-3-4-6-23(21)34-2/h3-13H,14-16H2,1-2H3,(H,28,31)(H,29,32). The maximum Gasteiger partial charge on any atom is 0.322 e. The Labute approximate surface area is 207 Å². The molecule has 1 aliphatic rings. The Balaban J connectivity index is 1.47. The molecule has 4 aromatic rings. The number of para-hydroxylation sites is 2. The van der Waals surface area contributed by atoms with Crippen molar-refractivity contribution in [2.24, 2.45) is 0 Å². The molecule has 0 atom stereocenters. The van der Waals surface area contributed by atoms with Gasteiger partial charge in [0.05, 0.1) is 32.0 Å². The number of benzene rings is 3. The molecule has 2 N–H and O–H groups in total. The third-order valence-corrected chi connectivity index (χ3v) is 5.94. The van der Waals surface area contributed by atoms with E-state index in [0.29, 0.717) is 39.8 Å². The second kappa shape index (κ2) is 9.91. The van der Waals surface area contributed by atoms with Crippen LogP contribution in [0.1, 0.15) is 11.1 Å². The molecule has 0 spiro atoms. The zero-order valence-corrected chi connectivity index (χ0v) is 19.9. The minimum Gasteiger partial charge on any atom is -0.497 e. The van der Waals surface area contributed by atoms with E-state index in [1.807, 2.05) is 42.5 Å². The Hall–Kier alpha value is -4.66. The van der Waals surface area contributed by atoms with Crippen LogP contribution in [0, 0.1) is 0 Å². The van der Waals surface area contributed by atoms with Crippen LogP contribution in [0.25, 0.3) is 10.9 Å². The number of hydrogen-bond acceptors (Lipinski definition) is 6. The summed E-state index contributed by atoms with van der Waals surface area (Å²) in [6, 6.07) is 19.5. The number of aromatic nitrogens is 1. The highest BCUT2D eigenvalue weighted by molar-refractivity contribution is 5.91. The van der Waals surface area contributed by atoms with Crippen LogP contribution in [0.2, 0.25) is 0 Å². The normalized spacial score (nSPS) is 11.8. The van der Waals surface area contributed by atoms with E-state index in [0.717, 1.165) is 10.9 Å². The summed E-state index contributed by atoms with van der Waals surface area (Å²) < 4.78 is 21.5. The van der Waals surface area contributed by atoms with E-state index >= 15 is 0 Å². The van der Waals surface area contributed by atoms with E-state index < -0.39 is 0 Å². The number of carbonyl (C=O) groups is 1. The highest BCUT2D eigenvalue weighted by Gasteiger charge is 2.20. The summed E-state index contributed by atoms with van der Waals surface area (Å²) in [6.45, 7) is 0.471. The molecule has 0 fully saturated rings.